The first kappa shape index (κ1) is 13.0. The van der Waals surface area contributed by atoms with Crippen LogP contribution in [0.15, 0.2) is 12.1 Å². The van der Waals surface area contributed by atoms with Gasteiger partial charge in [0, 0.05) is 17.4 Å². The van der Waals surface area contributed by atoms with Gasteiger partial charge in [-0.2, -0.15) is 0 Å². The van der Waals surface area contributed by atoms with Crippen molar-refractivity contribution < 1.29 is 4.79 Å². The molecule has 18 heavy (non-hydrogen) atoms. The van der Waals surface area contributed by atoms with Gasteiger partial charge in [0.25, 0.3) is 0 Å². The third-order valence-corrected chi connectivity index (χ3v) is 4.48. The number of carbonyl (C=O) groups is 1. The Kier molecular flexibility index (Phi) is 3.35. The Balaban J connectivity index is 2.62. The number of benzene rings is 1. The number of aromatic nitrogens is 1. The Labute approximate surface area is 112 Å². The molecule has 2 rings (SSSR count). The normalized spacial score (nSPS) is 10.7. The number of ketones is 1. The highest BCUT2D eigenvalue weighted by Gasteiger charge is 2.15. The number of Topliss-reactive ketones (excluding diaryl/α,β-unsaturated/α-hetero) is 1. The van der Waals surface area contributed by atoms with Gasteiger partial charge in [-0.25, -0.2) is 4.98 Å². The molecule has 0 radical (unpaired) electrons. The van der Waals surface area contributed by atoms with Gasteiger partial charge in [0.1, 0.15) is 0 Å². The number of nitrogens with zero attached hydrogens (tertiary/aromatic N) is 1. The van der Waals surface area contributed by atoms with E-state index < -0.39 is 0 Å². The lowest BCUT2D eigenvalue weighted by Crippen LogP contribution is -1.94. The zero-order valence-electron chi connectivity index (χ0n) is 11.4. The van der Waals surface area contributed by atoms with Crippen LogP contribution in [-0.2, 0) is 0 Å². The average Bonchev–Trinajstić information content (AvgIpc) is 2.69. The quantitative estimate of drug-likeness (QED) is 0.755. The lowest BCUT2D eigenvalue weighted by molar-refractivity contribution is 0.101. The molecule has 0 amide bonds. The van der Waals surface area contributed by atoms with Crippen LogP contribution in [0.4, 0.5) is 0 Å². The summed E-state index contributed by atoms with van der Waals surface area (Å²) in [6, 6.07) is 4.22. The Bertz CT molecular complexity index is 626. The Morgan fingerprint density at radius 1 is 1.11 bits per heavy atom. The minimum absolute atomic E-state index is 0.0378. The number of carbonyl (C=O) groups excluding carboxylic acids is 1. The van der Waals surface area contributed by atoms with Gasteiger partial charge >= 0.3 is 0 Å². The van der Waals surface area contributed by atoms with Crippen LogP contribution in [0.2, 0.25) is 0 Å². The molecular formula is C15H17NOS. The van der Waals surface area contributed by atoms with E-state index in [1.165, 1.54) is 28.0 Å². The molecule has 0 bridgehead atoms. The monoisotopic (exact) mass is 259 g/mol. The van der Waals surface area contributed by atoms with Crippen LogP contribution in [0.3, 0.4) is 0 Å². The standard InChI is InChI=1S/C15H17NOS/c1-8-6-7-13(10(3)9(8)2)14-12(5)18-15(16-14)11(4)17/h6-7H,1-5H3. The molecular weight excluding hydrogens is 242 g/mol. The number of thiazole rings is 1. The molecule has 2 nitrogen and oxygen atoms in total. The van der Waals surface area contributed by atoms with Gasteiger partial charge in [-0.1, -0.05) is 12.1 Å². The molecule has 0 aliphatic carbocycles. The summed E-state index contributed by atoms with van der Waals surface area (Å²) in [4.78, 5) is 17.0. The number of rotatable bonds is 2. The molecule has 0 saturated heterocycles. The van der Waals surface area contributed by atoms with Gasteiger partial charge in [-0.3, -0.25) is 4.79 Å². The second kappa shape index (κ2) is 4.65. The van der Waals surface area contributed by atoms with Crippen LogP contribution in [0.25, 0.3) is 11.3 Å². The van der Waals surface area contributed by atoms with Crippen molar-refractivity contribution in [1.82, 2.24) is 4.98 Å². The van der Waals surface area contributed by atoms with Crippen molar-refractivity contribution in [2.75, 3.05) is 0 Å². The SMILES string of the molecule is CC(=O)c1nc(-c2ccc(C)c(C)c2C)c(C)s1. The summed E-state index contributed by atoms with van der Waals surface area (Å²) in [6.45, 7) is 9.94. The predicted molar refractivity (Wildman–Crippen MR) is 76.5 cm³/mol. The highest BCUT2D eigenvalue weighted by molar-refractivity contribution is 7.14. The summed E-state index contributed by atoms with van der Waals surface area (Å²) in [5, 5.41) is 0.597. The summed E-state index contributed by atoms with van der Waals surface area (Å²) in [5.41, 5.74) is 5.92. The van der Waals surface area contributed by atoms with E-state index in [4.69, 9.17) is 0 Å². The highest BCUT2D eigenvalue weighted by Crippen LogP contribution is 2.32. The van der Waals surface area contributed by atoms with Gasteiger partial charge in [-0.15, -0.1) is 11.3 Å². The molecule has 0 unspecified atom stereocenters. The van der Waals surface area contributed by atoms with Crippen LogP contribution in [0.5, 0.6) is 0 Å². The zero-order chi connectivity index (χ0) is 13.4. The minimum Gasteiger partial charge on any atom is -0.292 e. The molecule has 94 valence electrons. The highest BCUT2D eigenvalue weighted by atomic mass is 32.1. The third-order valence-electron chi connectivity index (χ3n) is 3.41. The molecule has 0 fully saturated rings. The maximum absolute atomic E-state index is 11.4. The lowest BCUT2D eigenvalue weighted by atomic mass is 9.97. The maximum Gasteiger partial charge on any atom is 0.188 e. The van der Waals surface area contributed by atoms with Crippen LogP contribution in [0.1, 0.15) is 38.3 Å². The Morgan fingerprint density at radius 2 is 1.78 bits per heavy atom. The summed E-state index contributed by atoms with van der Waals surface area (Å²) < 4.78 is 0. The van der Waals surface area contributed by atoms with Crippen molar-refractivity contribution >= 4 is 17.1 Å². The van der Waals surface area contributed by atoms with Crippen LogP contribution in [-0.4, -0.2) is 10.8 Å². The molecule has 3 heteroatoms. The first-order valence-electron chi connectivity index (χ1n) is 5.97. The number of hydrogen-bond donors (Lipinski definition) is 0. The molecule has 0 aliphatic rings. The maximum atomic E-state index is 11.4. The number of aryl methyl sites for hydroxylation is 2. The van der Waals surface area contributed by atoms with Crippen molar-refractivity contribution in [1.29, 1.82) is 0 Å². The first-order valence-corrected chi connectivity index (χ1v) is 6.79. The van der Waals surface area contributed by atoms with Crippen LogP contribution >= 0.6 is 11.3 Å². The fourth-order valence-corrected chi connectivity index (χ4v) is 2.83. The van der Waals surface area contributed by atoms with E-state index in [9.17, 15) is 4.79 Å². The van der Waals surface area contributed by atoms with E-state index in [1.807, 2.05) is 6.92 Å². The summed E-state index contributed by atoms with van der Waals surface area (Å²) in [5.74, 6) is 0.0378. The zero-order valence-corrected chi connectivity index (χ0v) is 12.2. The van der Waals surface area contributed by atoms with Crippen molar-refractivity contribution in [3.8, 4) is 11.3 Å². The molecule has 0 spiro atoms. The third kappa shape index (κ3) is 2.10. The molecule has 0 saturated carbocycles. The number of hydrogen-bond acceptors (Lipinski definition) is 3. The van der Waals surface area contributed by atoms with Crippen LogP contribution < -0.4 is 0 Å². The molecule has 0 aliphatic heterocycles. The van der Waals surface area contributed by atoms with Crippen molar-refractivity contribution in [3.63, 3.8) is 0 Å². The fourth-order valence-electron chi connectivity index (χ4n) is 2.01. The predicted octanol–water partition coefficient (Wildman–Crippen LogP) is 4.25. The molecule has 1 aromatic carbocycles. The molecule has 0 atom stereocenters. The van der Waals surface area contributed by atoms with Crippen LogP contribution in [0, 0.1) is 27.7 Å². The van der Waals surface area contributed by atoms with Gasteiger partial charge in [0.05, 0.1) is 5.69 Å². The Hall–Kier alpha value is -1.48. The smallest absolute Gasteiger partial charge is 0.188 e. The van der Waals surface area contributed by atoms with E-state index >= 15 is 0 Å². The van der Waals surface area contributed by atoms with Gasteiger partial charge < -0.3 is 0 Å². The molecule has 2 aromatic rings. The van der Waals surface area contributed by atoms with E-state index in [2.05, 4.69) is 37.9 Å². The second-order valence-corrected chi connectivity index (χ2v) is 5.86. The van der Waals surface area contributed by atoms with Crippen molar-refractivity contribution in [2.45, 2.75) is 34.6 Å². The van der Waals surface area contributed by atoms with Crippen molar-refractivity contribution in [3.05, 3.63) is 38.7 Å². The van der Waals surface area contributed by atoms with Gasteiger partial charge in [-0.05, 0) is 44.4 Å². The lowest BCUT2D eigenvalue weighted by Gasteiger charge is -2.10. The average molecular weight is 259 g/mol. The molecule has 1 heterocycles. The summed E-state index contributed by atoms with van der Waals surface area (Å²) in [7, 11) is 0. The van der Waals surface area contributed by atoms with Gasteiger partial charge in [0.15, 0.2) is 10.8 Å². The second-order valence-electron chi connectivity index (χ2n) is 4.66. The topological polar surface area (TPSA) is 30.0 Å². The first-order chi connectivity index (χ1) is 8.41. The van der Waals surface area contributed by atoms with Gasteiger partial charge in [0.2, 0.25) is 0 Å². The van der Waals surface area contributed by atoms with E-state index in [1.54, 1.807) is 6.92 Å². The summed E-state index contributed by atoms with van der Waals surface area (Å²) in [6.07, 6.45) is 0. The summed E-state index contributed by atoms with van der Waals surface area (Å²) >= 11 is 1.48. The molecule has 1 aromatic heterocycles. The Morgan fingerprint density at radius 3 is 2.33 bits per heavy atom. The largest absolute Gasteiger partial charge is 0.292 e. The van der Waals surface area contributed by atoms with E-state index in [-0.39, 0.29) is 5.78 Å². The molecule has 0 N–H and O–H groups in total. The minimum atomic E-state index is 0.0378. The fraction of sp³-hybridized carbons (Fsp3) is 0.333. The van der Waals surface area contributed by atoms with Crippen molar-refractivity contribution in [2.24, 2.45) is 0 Å². The van der Waals surface area contributed by atoms with E-state index in [0.29, 0.717) is 5.01 Å². The van der Waals surface area contributed by atoms with E-state index in [0.717, 1.165) is 16.1 Å².